The molecular formula is C24H13F2N3O3S. The average Bonchev–Trinajstić information content (AvgIpc) is 2.78. The summed E-state index contributed by atoms with van der Waals surface area (Å²) in [5.74, 6) is 2.90. The summed E-state index contributed by atoms with van der Waals surface area (Å²) in [6.45, 7) is 0. The van der Waals surface area contributed by atoms with Gasteiger partial charge >= 0.3 is 0 Å². The molecule has 0 unspecified atom stereocenters. The van der Waals surface area contributed by atoms with Gasteiger partial charge in [0.25, 0.3) is 0 Å². The van der Waals surface area contributed by atoms with E-state index in [9.17, 15) is 22.9 Å². The van der Waals surface area contributed by atoms with E-state index in [-0.39, 0.29) is 27.2 Å². The molecule has 0 fully saturated rings. The highest BCUT2D eigenvalue weighted by Gasteiger charge is 2.20. The van der Waals surface area contributed by atoms with Crippen LogP contribution in [-0.2, 0) is 9.84 Å². The van der Waals surface area contributed by atoms with Crippen LogP contribution in [0.3, 0.4) is 0 Å². The van der Waals surface area contributed by atoms with Crippen LogP contribution in [0.15, 0.2) is 64.5 Å². The van der Waals surface area contributed by atoms with Crippen LogP contribution >= 0.6 is 0 Å². The summed E-state index contributed by atoms with van der Waals surface area (Å²) in [5.41, 5.74) is -0.872. The van der Waals surface area contributed by atoms with Crippen LogP contribution in [0.1, 0.15) is 16.7 Å². The van der Waals surface area contributed by atoms with E-state index in [1.807, 2.05) is 6.07 Å². The molecule has 0 amide bonds. The van der Waals surface area contributed by atoms with Crippen LogP contribution in [0.5, 0.6) is 0 Å². The van der Waals surface area contributed by atoms with Gasteiger partial charge in [-0.1, -0.05) is 11.8 Å². The molecule has 0 spiro atoms. The van der Waals surface area contributed by atoms with Gasteiger partial charge in [0.2, 0.25) is 0 Å². The highest BCUT2D eigenvalue weighted by Crippen LogP contribution is 2.29. The smallest absolute Gasteiger partial charge is 0.193 e. The molecule has 0 radical (unpaired) electrons. The van der Waals surface area contributed by atoms with E-state index in [1.165, 1.54) is 30.6 Å². The van der Waals surface area contributed by atoms with Crippen molar-refractivity contribution in [3.8, 4) is 29.2 Å². The molecular weight excluding hydrogens is 448 g/mol. The first-order valence-corrected chi connectivity index (χ1v) is 11.3. The van der Waals surface area contributed by atoms with Crippen molar-refractivity contribution in [3.05, 3.63) is 93.4 Å². The number of nitrogens with one attached hydrogen (secondary N) is 1. The first-order chi connectivity index (χ1) is 15.7. The Labute approximate surface area is 187 Å². The number of hydrogen-bond acceptors (Lipinski definition) is 5. The number of pyridine rings is 2. The predicted molar refractivity (Wildman–Crippen MR) is 118 cm³/mol. The van der Waals surface area contributed by atoms with Gasteiger partial charge < -0.3 is 4.98 Å². The lowest BCUT2D eigenvalue weighted by atomic mass is 10.0. The Bertz CT molecular complexity index is 1700. The molecule has 0 bridgehead atoms. The maximum absolute atomic E-state index is 15.1. The molecule has 162 valence electrons. The lowest BCUT2D eigenvalue weighted by molar-refractivity contribution is 0.585. The van der Waals surface area contributed by atoms with Gasteiger partial charge in [-0.15, -0.1) is 0 Å². The van der Waals surface area contributed by atoms with Gasteiger partial charge in [-0.3, -0.25) is 9.78 Å². The van der Waals surface area contributed by atoms with Crippen molar-refractivity contribution >= 4 is 20.7 Å². The number of nitriles is 1. The van der Waals surface area contributed by atoms with Crippen molar-refractivity contribution < 1.29 is 17.2 Å². The number of sulfone groups is 1. The number of H-pyrrole nitrogens is 1. The van der Waals surface area contributed by atoms with Crippen molar-refractivity contribution in [2.75, 3.05) is 6.26 Å². The van der Waals surface area contributed by atoms with Gasteiger partial charge in [-0.25, -0.2) is 17.2 Å². The lowest BCUT2D eigenvalue weighted by Gasteiger charge is -2.11. The van der Waals surface area contributed by atoms with Gasteiger partial charge in [-0.05, 0) is 36.4 Å². The second-order valence-corrected chi connectivity index (χ2v) is 9.08. The molecule has 0 aliphatic carbocycles. The summed E-state index contributed by atoms with van der Waals surface area (Å²) in [6, 6.07) is 10.8. The van der Waals surface area contributed by atoms with Crippen molar-refractivity contribution in [2.45, 2.75) is 4.90 Å². The molecule has 0 atom stereocenters. The van der Waals surface area contributed by atoms with Crippen LogP contribution in [0.4, 0.5) is 8.78 Å². The molecule has 1 N–H and O–H groups in total. The predicted octanol–water partition coefficient (Wildman–Crippen LogP) is 3.54. The second kappa shape index (κ2) is 8.30. The van der Waals surface area contributed by atoms with Crippen molar-refractivity contribution in [2.24, 2.45) is 0 Å². The van der Waals surface area contributed by atoms with Crippen LogP contribution in [-0.4, -0.2) is 24.6 Å². The number of aromatic amines is 1. The Morgan fingerprint density at radius 1 is 1.00 bits per heavy atom. The van der Waals surface area contributed by atoms with Gasteiger partial charge in [0.15, 0.2) is 21.1 Å². The van der Waals surface area contributed by atoms with Gasteiger partial charge in [0.05, 0.1) is 38.7 Å². The van der Waals surface area contributed by atoms with Crippen molar-refractivity contribution in [1.29, 1.82) is 5.26 Å². The summed E-state index contributed by atoms with van der Waals surface area (Å²) in [5, 5.41) is 8.76. The van der Waals surface area contributed by atoms with Crippen molar-refractivity contribution in [1.82, 2.24) is 9.97 Å². The third kappa shape index (κ3) is 4.22. The minimum absolute atomic E-state index is 0.000514. The minimum Gasteiger partial charge on any atom is -0.354 e. The minimum atomic E-state index is -3.73. The second-order valence-electron chi connectivity index (χ2n) is 7.10. The molecule has 6 nitrogen and oxygen atoms in total. The first-order valence-electron chi connectivity index (χ1n) is 9.40. The normalized spacial score (nSPS) is 11.0. The largest absolute Gasteiger partial charge is 0.354 e. The third-order valence-corrected chi connectivity index (χ3v) is 5.97. The first kappa shape index (κ1) is 21.9. The molecule has 0 saturated heterocycles. The van der Waals surface area contributed by atoms with Crippen molar-refractivity contribution in [3.63, 3.8) is 0 Å². The van der Waals surface area contributed by atoms with Crippen LogP contribution in [0.2, 0.25) is 0 Å². The summed E-state index contributed by atoms with van der Waals surface area (Å²) in [7, 11) is -3.73. The van der Waals surface area contributed by atoms with Crippen LogP contribution in [0.25, 0.3) is 22.2 Å². The maximum atomic E-state index is 15.1. The molecule has 0 aliphatic rings. The fourth-order valence-corrected chi connectivity index (χ4v) is 4.19. The molecule has 2 aromatic heterocycles. The van der Waals surface area contributed by atoms with E-state index in [4.69, 9.17) is 0 Å². The number of rotatable bonds is 2. The number of hydrogen-bond donors (Lipinski definition) is 1. The SMILES string of the molecule is CS(=O)(=O)c1ccc(C#N)cc1-c1cc(=O)c2c(F)c(C#Cc3ccncc3)c(F)cc2[nH]1. The fraction of sp³-hybridized carbons (Fsp3) is 0.0417. The Balaban J connectivity index is 1.95. The van der Waals surface area contributed by atoms with Gasteiger partial charge in [-0.2, -0.15) is 5.26 Å². The number of benzene rings is 2. The average molecular weight is 461 g/mol. The standard InChI is InChI=1S/C24H13F2N3O3S/c1-33(31,32)22-5-3-15(13-27)10-17(22)19-12-21(30)23-20(29-19)11-18(25)16(24(23)26)4-2-14-6-8-28-9-7-14/h3,5-12H,1H3,(H,29,30). The maximum Gasteiger partial charge on any atom is 0.193 e. The monoisotopic (exact) mass is 461 g/mol. The molecule has 33 heavy (non-hydrogen) atoms. The number of fused-ring (bicyclic) bond motifs is 1. The Kier molecular flexibility index (Phi) is 5.50. The van der Waals surface area contributed by atoms with E-state index in [0.29, 0.717) is 5.56 Å². The summed E-state index contributed by atoms with van der Waals surface area (Å²) in [6.07, 6.45) is 3.94. The highest BCUT2D eigenvalue weighted by atomic mass is 32.2. The van der Waals surface area contributed by atoms with Crippen LogP contribution < -0.4 is 5.43 Å². The van der Waals surface area contributed by atoms with E-state index < -0.39 is 37.9 Å². The molecule has 2 heterocycles. The molecule has 4 rings (SSSR count). The van der Waals surface area contributed by atoms with E-state index >= 15 is 4.39 Å². The molecule has 0 aliphatic heterocycles. The number of halogens is 2. The summed E-state index contributed by atoms with van der Waals surface area (Å²) in [4.78, 5) is 19.2. The molecule has 0 saturated carbocycles. The molecule has 9 heteroatoms. The zero-order valence-electron chi connectivity index (χ0n) is 17.0. The van der Waals surface area contributed by atoms with E-state index in [1.54, 1.807) is 12.1 Å². The van der Waals surface area contributed by atoms with Crippen LogP contribution in [0, 0.1) is 34.8 Å². The van der Waals surface area contributed by atoms with Gasteiger partial charge in [0.1, 0.15) is 5.82 Å². The fourth-order valence-electron chi connectivity index (χ4n) is 3.31. The zero-order chi connectivity index (χ0) is 23.8. The topological polar surface area (TPSA) is 104 Å². The van der Waals surface area contributed by atoms with Gasteiger partial charge in [0, 0.05) is 35.8 Å². The van der Waals surface area contributed by atoms with E-state index in [0.717, 1.165) is 18.4 Å². The summed E-state index contributed by atoms with van der Waals surface area (Å²) < 4.78 is 54.2. The molecule has 2 aromatic carbocycles. The third-order valence-electron chi connectivity index (χ3n) is 4.82. The number of nitrogens with zero attached hydrogens (tertiary/aromatic N) is 2. The Morgan fingerprint density at radius 3 is 2.39 bits per heavy atom. The Morgan fingerprint density at radius 2 is 1.73 bits per heavy atom. The molecule has 4 aromatic rings. The lowest BCUT2D eigenvalue weighted by Crippen LogP contribution is -2.09. The quantitative estimate of drug-likeness (QED) is 0.460. The zero-order valence-corrected chi connectivity index (χ0v) is 17.8. The highest BCUT2D eigenvalue weighted by molar-refractivity contribution is 7.90. The summed E-state index contributed by atoms with van der Waals surface area (Å²) >= 11 is 0. The Hall–Kier alpha value is -4.34. The van der Waals surface area contributed by atoms with E-state index in [2.05, 4.69) is 21.8 Å². The number of aromatic nitrogens is 2.